The molecule has 0 fully saturated rings. The molecule has 100 valence electrons. The van der Waals surface area contributed by atoms with Crippen molar-refractivity contribution in [1.29, 1.82) is 0 Å². The average molecular weight is 250 g/mol. The molecule has 1 rings (SSSR count). The van der Waals surface area contributed by atoms with E-state index in [1.165, 1.54) is 37.8 Å². The van der Waals surface area contributed by atoms with E-state index < -0.39 is 0 Å². The van der Waals surface area contributed by atoms with Gasteiger partial charge in [0.1, 0.15) is 5.82 Å². The first-order valence-electron chi connectivity index (χ1n) is 6.94. The first-order valence-corrected chi connectivity index (χ1v) is 6.94. The lowest BCUT2D eigenvalue weighted by Gasteiger charge is -2.05. The van der Waals surface area contributed by atoms with Crippen molar-refractivity contribution in [3.8, 4) is 0 Å². The number of rotatable bonds is 8. The molecule has 0 aliphatic carbocycles. The number of hydrogen-bond donors (Lipinski definition) is 0. The number of carbonyl (C=O) groups excluding carboxylic acids is 1. The maximum atomic E-state index is 13.1. The Balaban J connectivity index is 2.34. The summed E-state index contributed by atoms with van der Waals surface area (Å²) in [5, 5.41) is 0. The van der Waals surface area contributed by atoms with Crippen LogP contribution in [0.1, 0.15) is 67.8 Å². The first kappa shape index (κ1) is 14.9. The van der Waals surface area contributed by atoms with Gasteiger partial charge in [0.15, 0.2) is 5.78 Å². The molecule has 0 unspecified atom stereocenters. The van der Waals surface area contributed by atoms with Crippen molar-refractivity contribution in [2.75, 3.05) is 0 Å². The Morgan fingerprint density at radius 2 is 1.78 bits per heavy atom. The molecule has 0 N–H and O–H groups in total. The quantitative estimate of drug-likeness (QED) is 0.465. The summed E-state index contributed by atoms with van der Waals surface area (Å²) in [6.45, 7) is 4.05. The molecule has 0 heterocycles. The van der Waals surface area contributed by atoms with Crippen LogP contribution in [0.2, 0.25) is 0 Å². The van der Waals surface area contributed by atoms with Crippen molar-refractivity contribution in [1.82, 2.24) is 0 Å². The van der Waals surface area contributed by atoms with E-state index >= 15 is 0 Å². The van der Waals surface area contributed by atoms with Crippen molar-refractivity contribution in [2.45, 2.75) is 58.8 Å². The van der Waals surface area contributed by atoms with Crippen molar-refractivity contribution in [2.24, 2.45) is 0 Å². The number of benzene rings is 1. The van der Waals surface area contributed by atoms with Crippen LogP contribution in [-0.4, -0.2) is 5.78 Å². The van der Waals surface area contributed by atoms with Crippen molar-refractivity contribution >= 4 is 5.78 Å². The van der Waals surface area contributed by atoms with E-state index in [1.807, 2.05) is 6.92 Å². The van der Waals surface area contributed by atoms with E-state index in [0.29, 0.717) is 12.0 Å². The Morgan fingerprint density at radius 3 is 2.50 bits per heavy atom. The van der Waals surface area contributed by atoms with Crippen LogP contribution in [0.3, 0.4) is 0 Å². The number of unbranched alkanes of at least 4 members (excludes halogenated alkanes) is 5. The predicted molar refractivity (Wildman–Crippen MR) is 73.5 cm³/mol. The van der Waals surface area contributed by atoms with E-state index in [9.17, 15) is 9.18 Å². The summed E-state index contributed by atoms with van der Waals surface area (Å²) in [6.07, 6.45) is 7.51. The Hall–Kier alpha value is -1.18. The van der Waals surface area contributed by atoms with Crippen LogP contribution in [0, 0.1) is 12.7 Å². The second-order valence-electron chi connectivity index (χ2n) is 4.90. The molecule has 0 aromatic heterocycles. The van der Waals surface area contributed by atoms with Gasteiger partial charge in [0, 0.05) is 12.0 Å². The molecule has 0 aliphatic rings. The summed E-state index contributed by atoms with van der Waals surface area (Å²) in [4.78, 5) is 11.9. The van der Waals surface area contributed by atoms with Crippen LogP contribution in [0.15, 0.2) is 18.2 Å². The van der Waals surface area contributed by atoms with Crippen LogP contribution in [0.25, 0.3) is 0 Å². The molecule has 18 heavy (non-hydrogen) atoms. The van der Waals surface area contributed by atoms with Gasteiger partial charge in [-0.25, -0.2) is 4.39 Å². The van der Waals surface area contributed by atoms with Crippen molar-refractivity contribution in [3.05, 3.63) is 35.1 Å². The number of Topliss-reactive ketones (excluding diaryl/α,β-unsaturated/α-hetero) is 1. The summed E-state index contributed by atoms with van der Waals surface area (Å²) in [5.74, 6) is -0.255. The van der Waals surface area contributed by atoms with E-state index in [4.69, 9.17) is 0 Å². The van der Waals surface area contributed by atoms with E-state index in [0.717, 1.165) is 18.4 Å². The molecule has 0 amide bonds. The van der Waals surface area contributed by atoms with E-state index in [1.54, 1.807) is 6.07 Å². The minimum atomic E-state index is -0.327. The maximum absolute atomic E-state index is 13.1. The molecule has 0 atom stereocenters. The monoisotopic (exact) mass is 250 g/mol. The molecule has 0 bridgehead atoms. The highest BCUT2D eigenvalue weighted by molar-refractivity contribution is 5.97. The molecule has 0 radical (unpaired) electrons. The molecule has 1 aromatic carbocycles. The molecule has 0 spiro atoms. The number of ketones is 1. The number of carbonyl (C=O) groups is 1. The number of halogens is 1. The molecule has 0 aliphatic heterocycles. The SMILES string of the molecule is CCCCCCCCC(=O)c1cc(F)ccc1C. The molecular weight excluding hydrogens is 227 g/mol. The smallest absolute Gasteiger partial charge is 0.163 e. The zero-order valence-electron chi connectivity index (χ0n) is 11.5. The number of hydrogen-bond acceptors (Lipinski definition) is 1. The molecular formula is C16H23FO. The fourth-order valence-electron chi connectivity index (χ4n) is 2.10. The highest BCUT2D eigenvalue weighted by Gasteiger charge is 2.09. The fourth-order valence-corrected chi connectivity index (χ4v) is 2.10. The van der Waals surface area contributed by atoms with Crippen LogP contribution in [0.5, 0.6) is 0 Å². The van der Waals surface area contributed by atoms with Gasteiger partial charge < -0.3 is 0 Å². The largest absolute Gasteiger partial charge is 0.294 e. The normalized spacial score (nSPS) is 10.6. The van der Waals surface area contributed by atoms with Gasteiger partial charge in [0.2, 0.25) is 0 Å². The number of aryl methyl sites for hydroxylation is 1. The van der Waals surface area contributed by atoms with Crippen LogP contribution < -0.4 is 0 Å². The predicted octanol–water partition coefficient (Wildman–Crippen LogP) is 5.07. The minimum Gasteiger partial charge on any atom is -0.294 e. The Kier molecular flexibility index (Phi) is 6.63. The second kappa shape index (κ2) is 8.02. The van der Waals surface area contributed by atoms with Crippen molar-refractivity contribution in [3.63, 3.8) is 0 Å². The van der Waals surface area contributed by atoms with Crippen LogP contribution in [0.4, 0.5) is 4.39 Å². The summed E-state index contributed by atoms with van der Waals surface area (Å²) in [6, 6.07) is 4.43. The maximum Gasteiger partial charge on any atom is 0.163 e. The van der Waals surface area contributed by atoms with Gasteiger partial charge in [-0.3, -0.25) is 4.79 Å². The molecule has 1 nitrogen and oxygen atoms in total. The Labute approximate surface area is 109 Å². The van der Waals surface area contributed by atoms with Crippen LogP contribution >= 0.6 is 0 Å². The summed E-state index contributed by atoms with van der Waals surface area (Å²) >= 11 is 0. The van der Waals surface area contributed by atoms with Gasteiger partial charge in [-0.15, -0.1) is 0 Å². The minimum absolute atomic E-state index is 0.0718. The average Bonchev–Trinajstić information content (AvgIpc) is 2.36. The topological polar surface area (TPSA) is 17.1 Å². The van der Waals surface area contributed by atoms with E-state index in [-0.39, 0.29) is 11.6 Å². The second-order valence-corrected chi connectivity index (χ2v) is 4.90. The van der Waals surface area contributed by atoms with Gasteiger partial charge in [-0.1, -0.05) is 45.1 Å². The first-order chi connectivity index (χ1) is 8.65. The fraction of sp³-hybridized carbons (Fsp3) is 0.562. The third-order valence-corrected chi connectivity index (χ3v) is 3.26. The van der Waals surface area contributed by atoms with E-state index in [2.05, 4.69) is 6.92 Å². The van der Waals surface area contributed by atoms with Crippen molar-refractivity contribution < 1.29 is 9.18 Å². The molecule has 1 aromatic rings. The summed E-state index contributed by atoms with van der Waals surface area (Å²) in [5.41, 5.74) is 1.41. The highest BCUT2D eigenvalue weighted by atomic mass is 19.1. The Bertz CT molecular complexity index is 385. The summed E-state index contributed by atoms with van der Waals surface area (Å²) in [7, 11) is 0. The van der Waals surface area contributed by atoms with Gasteiger partial charge in [-0.05, 0) is 31.0 Å². The Morgan fingerprint density at radius 1 is 1.11 bits per heavy atom. The zero-order valence-corrected chi connectivity index (χ0v) is 11.5. The third-order valence-electron chi connectivity index (χ3n) is 3.26. The zero-order chi connectivity index (χ0) is 13.4. The van der Waals surface area contributed by atoms with Gasteiger partial charge in [0.25, 0.3) is 0 Å². The van der Waals surface area contributed by atoms with Gasteiger partial charge >= 0.3 is 0 Å². The third kappa shape index (κ3) is 4.99. The van der Waals surface area contributed by atoms with Crippen LogP contribution in [-0.2, 0) is 0 Å². The van der Waals surface area contributed by atoms with Gasteiger partial charge in [-0.2, -0.15) is 0 Å². The lowest BCUT2D eigenvalue weighted by molar-refractivity contribution is 0.0978. The lowest BCUT2D eigenvalue weighted by atomic mass is 10.00. The van der Waals surface area contributed by atoms with Gasteiger partial charge in [0.05, 0.1) is 0 Å². The highest BCUT2D eigenvalue weighted by Crippen LogP contribution is 2.15. The molecule has 0 saturated carbocycles. The molecule has 0 saturated heterocycles. The molecule has 2 heteroatoms. The standard InChI is InChI=1S/C16H23FO/c1-3-4-5-6-7-8-9-16(18)15-12-14(17)11-10-13(15)2/h10-12H,3-9H2,1-2H3. The lowest BCUT2D eigenvalue weighted by Crippen LogP contribution is -2.02. The summed E-state index contributed by atoms with van der Waals surface area (Å²) < 4.78 is 13.1.